The van der Waals surface area contributed by atoms with Crippen molar-refractivity contribution in [2.75, 3.05) is 18.8 Å². The molecule has 3 rings (SSSR count). The molecule has 17 heavy (non-hydrogen) atoms. The zero-order chi connectivity index (χ0) is 12.0. The molecule has 0 aromatic carbocycles. The molecule has 4 nitrogen and oxygen atoms in total. The van der Waals surface area contributed by atoms with E-state index in [1.54, 1.807) is 4.31 Å². The highest BCUT2D eigenvalue weighted by Gasteiger charge is 2.44. The molecular weight excluding hydrogens is 236 g/mol. The third-order valence-electron chi connectivity index (χ3n) is 4.75. The van der Waals surface area contributed by atoms with Crippen LogP contribution >= 0.6 is 0 Å². The summed E-state index contributed by atoms with van der Waals surface area (Å²) in [6, 6.07) is 0.226. The Labute approximate surface area is 104 Å². The zero-order valence-electron chi connectivity index (χ0n) is 10.2. The van der Waals surface area contributed by atoms with E-state index in [9.17, 15) is 8.42 Å². The number of hydrogen-bond donors (Lipinski definition) is 1. The van der Waals surface area contributed by atoms with E-state index >= 15 is 0 Å². The van der Waals surface area contributed by atoms with Crippen molar-refractivity contribution in [3.63, 3.8) is 0 Å². The predicted octanol–water partition coefficient (Wildman–Crippen LogP) is 0.785. The fourth-order valence-electron chi connectivity index (χ4n) is 3.34. The molecule has 98 valence electrons. The smallest absolute Gasteiger partial charge is 0.214 e. The second kappa shape index (κ2) is 4.21. The summed E-state index contributed by atoms with van der Waals surface area (Å²) in [5.74, 6) is 1.99. The molecule has 0 radical (unpaired) electrons. The number of sulfonamides is 1. The lowest BCUT2D eigenvalue weighted by atomic mass is 9.98. The average Bonchev–Trinajstić information content (AvgIpc) is 2.90. The molecule has 1 aliphatic heterocycles. The normalized spacial score (nSPS) is 38.5. The fraction of sp³-hybridized carbons (Fsp3) is 1.00. The van der Waals surface area contributed by atoms with Gasteiger partial charge in [0.25, 0.3) is 0 Å². The van der Waals surface area contributed by atoms with Gasteiger partial charge < -0.3 is 5.73 Å². The molecule has 3 aliphatic rings. The number of nitrogens with two attached hydrogens (primary N) is 1. The first-order chi connectivity index (χ1) is 8.06. The first-order valence-corrected chi connectivity index (χ1v) is 8.40. The Hall–Kier alpha value is -0.130. The highest BCUT2D eigenvalue weighted by molar-refractivity contribution is 7.89. The molecule has 2 aliphatic carbocycles. The maximum absolute atomic E-state index is 12.2. The van der Waals surface area contributed by atoms with Gasteiger partial charge in [-0.05, 0) is 37.0 Å². The van der Waals surface area contributed by atoms with E-state index < -0.39 is 10.0 Å². The van der Waals surface area contributed by atoms with Gasteiger partial charge in [0, 0.05) is 19.1 Å². The van der Waals surface area contributed by atoms with Crippen molar-refractivity contribution in [1.82, 2.24) is 4.31 Å². The molecular formula is C12H22N2O2S. The van der Waals surface area contributed by atoms with Crippen LogP contribution in [0.2, 0.25) is 0 Å². The zero-order valence-corrected chi connectivity index (χ0v) is 11.0. The van der Waals surface area contributed by atoms with Gasteiger partial charge in [0.05, 0.1) is 5.75 Å². The Morgan fingerprint density at radius 2 is 1.88 bits per heavy atom. The molecule has 3 unspecified atom stereocenters. The second-order valence-corrected chi connectivity index (χ2v) is 8.12. The maximum atomic E-state index is 12.2. The Balaban J connectivity index is 1.61. The lowest BCUT2D eigenvalue weighted by molar-refractivity contribution is 0.426. The van der Waals surface area contributed by atoms with Crippen LogP contribution in [0.4, 0.5) is 0 Å². The van der Waals surface area contributed by atoms with Gasteiger partial charge in [-0.3, -0.25) is 0 Å². The van der Waals surface area contributed by atoms with Crippen molar-refractivity contribution < 1.29 is 8.42 Å². The number of nitrogens with zero attached hydrogens (tertiary/aromatic N) is 1. The van der Waals surface area contributed by atoms with Crippen LogP contribution in [0.1, 0.15) is 32.1 Å². The van der Waals surface area contributed by atoms with E-state index in [0.29, 0.717) is 30.1 Å². The number of hydrogen-bond acceptors (Lipinski definition) is 3. The van der Waals surface area contributed by atoms with Crippen LogP contribution in [0.25, 0.3) is 0 Å². The minimum Gasteiger partial charge on any atom is -0.327 e. The highest BCUT2D eigenvalue weighted by Crippen LogP contribution is 2.39. The molecule has 0 aromatic heterocycles. The summed E-state index contributed by atoms with van der Waals surface area (Å²) < 4.78 is 26.1. The SMILES string of the molecule is NC1CCC2CN(S(=O)(=O)CCC3CC3)CC12. The van der Waals surface area contributed by atoms with Crippen LogP contribution in [0.5, 0.6) is 0 Å². The Bertz CT molecular complexity index is 391. The summed E-state index contributed by atoms with van der Waals surface area (Å²) in [7, 11) is -3.00. The van der Waals surface area contributed by atoms with Crippen molar-refractivity contribution >= 4 is 10.0 Å². The quantitative estimate of drug-likeness (QED) is 0.810. The third kappa shape index (κ3) is 2.37. The summed E-state index contributed by atoms with van der Waals surface area (Å²) in [6.07, 6.45) is 5.50. The Kier molecular flexibility index (Phi) is 2.96. The minimum atomic E-state index is -3.00. The van der Waals surface area contributed by atoms with Crippen LogP contribution in [0, 0.1) is 17.8 Å². The van der Waals surface area contributed by atoms with Crippen LogP contribution < -0.4 is 5.73 Å². The molecule has 2 saturated carbocycles. The predicted molar refractivity (Wildman–Crippen MR) is 66.9 cm³/mol. The van der Waals surface area contributed by atoms with E-state index in [1.807, 2.05) is 0 Å². The van der Waals surface area contributed by atoms with Gasteiger partial charge in [-0.25, -0.2) is 12.7 Å². The standard InChI is InChI=1S/C12H22N2O2S/c13-12-4-3-10-7-14(8-11(10)12)17(15,16)6-5-9-1-2-9/h9-12H,1-8,13H2. The molecule has 5 heteroatoms. The van der Waals surface area contributed by atoms with Crippen LogP contribution in [0.15, 0.2) is 0 Å². The minimum absolute atomic E-state index is 0.226. The van der Waals surface area contributed by atoms with E-state index in [1.165, 1.54) is 12.8 Å². The summed E-state index contributed by atoms with van der Waals surface area (Å²) in [4.78, 5) is 0. The Morgan fingerprint density at radius 1 is 1.12 bits per heavy atom. The van der Waals surface area contributed by atoms with Gasteiger partial charge in [0.15, 0.2) is 0 Å². The van der Waals surface area contributed by atoms with E-state index in [0.717, 1.165) is 25.8 Å². The van der Waals surface area contributed by atoms with E-state index in [2.05, 4.69) is 0 Å². The van der Waals surface area contributed by atoms with Gasteiger partial charge in [-0.1, -0.05) is 12.8 Å². The molecule has 0 amide bonds. The van der Waals surface area contributed by atoms with Crippen molar-refractivity contribution in [2.24, 2.45) is 23.5 Å². The van der Waals surface area contributed by atoms with Crippen molar-refractivity contribution in [3.8, 4) is 0 Å². The van der Waals surface area contributed by atoms with Crippen LogP contribution in [-0.4, -0.2) is 37.6 Å². The maximum Gasteiger partial charge on any atom is 0.214 e. The fourth-order valence-corrected chi connectivity index (χ4v) is 5.05. The molecule has 3 atom stereocenters. The first-order valence-electron chi connectivity index (χ1n) is 6.79. The highest BCUT2D eigenvalue weighted by atomic mass is 32.2. The van der Waals surface area contributed by atoms with E-state index in [4.69, 9.17) is 5.73 Å². The Morgan fingerprint density at radius 3 is 2.53 bits per heavy atom. The van der Waals surface area contributed by atoms with Gasteiger partial charge in [-0.15, -0.1) is 0 Å². The third-order valence-corrected chi connectivity index (χ3v) is 6.59. The summed E-state index contributed by atoms with van der Waals surface area (Å²) >= 11 is 0. The van der Waals surface area contributed by atoms with Crippen LogP contribution in [0.3, 0.4) is 0 Å². The first kappa shape index (κ1) is 11.9. The molecule has 2 N–H and O–H groups in total. The molecule has 1 saturated heterocycles. The molecule has 0 aromatic rings. The summed E-state index contributed by atoms with van der Waals surface area (Å²) in [5, 5.41) is 0. The monoisotopic (exact) mass is 258 g/mol. The summed E-state index contributed by atoms with van der Waals surface area (Å²) in [6.45, 7) is 1.41. The largest absolute Gasteiger partial charge is 0.327 e. The molecule has 0 bridgehead atoms. The van der Waals surface area contributed by atoms with Crippen molar-refractivity contribution in [3.05, 3.63) is 0 Å². The second-order valence-electron chi connectivity index (χ2n) is 6.03. The van der Waals surface area contributed by atoms with Gasteiger partial charge in [0.2, 0.25) is 10.0 Å². The molecule has 0 spiro atoms. The average molecular weight is 258 g/mol. The van der Waals surface area contributed by atoms with Gasteiger partial charge in [0.1, 0.15) is 0 Å². The summed E-state index contributed by atoms with van der Waals surface area (Å²) in [5.41, 5.74) is 6.04. The number of rotatable bonds is 4. The lowest BCUT2D eigenvalue weighted by Gasteiger charge is -2.18. The lowest BCUT2D eigenvalue weighted by Crippen LogP contribution is -2.34. The van der Waals surface area contributed by atoms with E-state index in [-0.39, 0.29) is 6.04 Å². The molecule has 1 heterocycles. The topological polar surface area (TPSA) is 63.4 Å². The van der Waals surface area contributed by atoms with Crippen molar-refractivity contribution in [1.29, 1.82) is 0 Å². The number of fused-ring (bicyclic) bond motifs is 1. The van der Waals surface area contributed by atoms with Crippen LogP contribution in [-0.2, 0) is 10.0 Å². The molecule has 3 fully saturated rings. The van der Waals surface area contributed by atoms with Gasteiger partial charge in [-0.2, -0.15) is 0 Å². The van der Waals surface area contributed by atoms with Gasteiger partial charge >= 0.3 is 0 Å². The van der Waals surface area contributed by atoms with Crippen molar-refractivity contribution in [2.45, 2.75) is 38.1 Å².